The molecule has 0 heterocycles. The van der Waals surface area contributed by atoms with Gasteiger partial charge in [0.1, 0.15) is 6.54 Å². The van der Waals surface area contributed by atoms with Gasteiger partial charge in [0.15, 0.2) is 0 Å². The number of aliphatic carboxylic acids is 1. The molecule has 0 aliphatic carbocycles. The summed E-state index contributed by atoms with van der Waals surface area (Å²) < 4.78 is 5.97. The van der Waals surface area contributed by atoms with Gasteiger partial charge in [-0.05, 0) is 19.3 Å². The molecule has 0 aromatic rings. The first-order valence-electron chi connectivity index (χ1n) is 12.2. The average Bonchev–Trinajstić information content (AvgIpc) is 2.66. The van der Waals surface area contributed by atoms with E-state index in [2.05, 4.69) is 12.2 Å². The molecule has 1 N–H and O–H groups in total. The fourth-order valence-corrected chi connectivity index (χ4v) is 3.47. The SMILES string of the molecule is CCCCCCCCCCCCCOCCCCC(=O)NCC[N+](C)(C)CC(=O)[O-]. The van der Waals surface area contributed by atoms with Crippen molar-refractivity contribution >= 4 is 11.9 Å². The van der Waals surface area contributed by atoms with Gasteiger partial charge in [0, 0.05) is 19.6 Å². The highest BCUT2D eigenvalue weighted by molar-refractivity contribution is 5.75. The van der Waals surface area contributed by atoms with E-state index < -0.39 is 5.97 Å². The lowest BCUT2D eigenvalue weighted by atomic mass is 10.1. The Hall–Kier alpha value is -1.14. The number of unbranched alkanes of at least 4 members (excludes halogenated alkanes) is 11. The molecule has 30 heavy (non-hydrogen) atoms. The van der Waals surface area contributed by atoms with Crippen LogP contribution in [0.25, 0.3) is 0 Å². The van der Waals surface area contributed by atoms with E-state index in [0.717, 1.165) is 32.5 Å². The van der Waals surface area contributed by atoms with Crippen molar-refractivity contribution in [1.82, 2.24) is 5.32 Å². The molecule has 0 radical (unpaired) electrons. The molecule has 0 fully saturated rings. The monoisotopic (exact) mass is 428 g/mol. The molecule has 0 saturated carbocycles. The number of amides is 1. The third-order valence-electron chi connectivity index (χ3n) is 5.43. The fourth-order valence-electron chi connectivity index (χ4n) is 3.47. The van der Waals surface area contributed by atoms with E-state index in [1.54, 1.807) is 0 Å². The summed E-state index contributed by atoms with van der Waals surface area (Å²) >= 11 is 0. The van der Waals surface area contributed by atoms with Crippen LogP contribution in [0.15, 0.2) is 0 Å². The summed E-state index contributed by atoms with van der Waals surface area (Å²) in [5, 5.41) is 13.5. The molecule has 0 bridgehead atoms. The molecule has 0 rings (SSSR count). The molecule has 178 valence electrons. The molecule has 0 aliphatic heterocycles. The van der Waals surface area contributed by atoms with Crippen LogP contribution in [0.3, 0.4) is 0 Å². The second-order valence-electron chi connectivity index (χ2n) is 9.14. The average molecular weight is 429 g/mol. The predicted molar refractivity (Wildman–Crippen MR) is 121 cm³/mol. The standard InChI is InChI=1S/C24H48N2O4/c1-4-5-6-7-8-9-10-11-12-13-15-20-30-21-16-14-17-23(27)25-18-19-26(2,3)22-24(28)29/h4-22H2,1-3H3,(H-,25,27,28,29). The van der Waals surface area contributed by atoms with Crippen molar-refractivity contribution in [3.63, 3.8) is 0 Å². The third kappa shape index (κ3) is 21.6. The van der Waals surface area contributed by atoms with Crippen LogP contribution in [0.2, 0.25) is 0 Å². The molecule has 0 aromatic carbocycles. The summed E-state index contributed by atoms with van der Waals surface area (Å²) in [6, 6.07) is 0. The summed E-state index contributed by atoms with van der Waals surface area (Å²) in [7, 11) is 3.63. The molecule has 0 aromatic heterocycles. The summed E-state index contributed by atoms with van der Waals surface area (Å²) in [6.07, 6.45) is 17.0. The van der Waals surface area contributed by atoms with Crippen LogP contribution in [0.4, 0.5) is 0 Å². The lowest BCUT2D eigenvalue weighted by Gasteiger charge is -2.30. The fraction of sp³-hybridized carbons (Fsp3) is 0.917. The molecule has 0 spiro atoms. The van der Waals surface area contributed by atoms with Gasteiger partial charge in [-0.2, -0.15) is 0 Å². The number of hydrogen-bond donors (Lipinski definition) is 1. The summed E-state index contributed by atoms with van der Waals surface area (Å²) in [5.74, 6) is -1.05. The molecule has 0 unspecified atom stereocenters. The van der Waals surface area contributed by atoms with Gasteiger partial charge in [-0.1, -0.05) is 71.1 Å². The normalized spacial score (nSPS) is 11.6. The molecule has 6 heteroatoms. The maximum atomic E-state index is 11.8. The summed E-state index contributed by atoms with van der Waals surface area (Å²) in [6.45, 7) is 4.82. The molecule has 6 nitrogen and oxygen atoms in total. The quantitative estimate of drug-likeness (QED) is 0.212. The minimum atomic E-state index is -1.07. The molecular formula is C24H48N2O4. The number of ether oxygens (including phenoxy) is 1. The maximum Gasteiger partial charge on any atom is 0.220 e. The van der Waals surface area contributed by atoms with E-state index in [0.29, 0.717) is 24.0 Å². The van der Waals surface area contributed by atoms with Crippen LogP contribution < -0.4 is 10.4 Å². The predicted octanol–water partition coefficient (Wildman–Crippen LogP) is 3.43. The van der Waals surface area contributed by atoms with Crippen LogP contribution in [0.1, 0.15) is 96.8 Å². The Balaban J connectivity index is 3.30. The van der Waals surface area contributed by atoms with Crippen molar-refractivity contribution in [1.29, 1.82) is 0 Å². The van der Waals surface area contributed by atoms with Gasteiger partial charge in [0.2, 0.25) is 5.91 Å². The van der Waals surface area contributed by atoms with E-state index in [9.17, 15) is 14.7 Å². The van der Waals surface area contributed by atoms with Gasteiger partial charge in [-0.3, -0.25) is 4.79 Å². The van der Waals surface area contributed by atoms with Crippen molar-refractivity contribution in [2.75, 3.05) is 46.9 Å². The second kappa shape index (κ2) is 19.8. The second-order valence-corrected chi connectivity index (χ2v) is 9.14. The van der Waals surface area contributed by atoms with Crippen LogP contribution >= 0.6 is 0 Å². The largest absolute Gasteiger partial charge is 0.544 e. The number of nitrogens with zero attached hydrogens (tertiary/aromatic N) is 1. The van der Waals surface area contributed by atoms with Crippen LogP contribution in [0.5, 0.6) is 0 Å². The van der Waals surface area contributed by atoms with Gasteiger partial charge < -0.3 is 24.4 Å². The highest BCUT2D eigenvalue weighted by Gasteiger charge is 2.15. The molecule has 0 atom stereocenters. The van der Waals surface area contributed by atoms with E-state index in [1.807, 2.05) is 14.1 Å². The topological polar surface area (TPSA) is 78.5 Å². The number of carboxylic acids is 1. The number of nitrogens with one attached hydrogen (secondary N) is 1. The Kier molecular flexibility index (Phi) is 19.0. The highest BCUT2D eigenvalue weighted by atomic mass is 16.5. The van der Waals surface area contributed by atoms with Crippen molar-refractivity contribution in [2.45, 2.75) is 96.8 Å². The van der Waals surface area contributed by atoms with Crippen LogP contribution in [-0.4, -0.2) is 63.3 Å². The lowest BCUT2D eigenvalue weighted by molar-refractivity contribution is -0.883. The Bertz CT molecular complexity index is 427. The lowest BCUT2D eigenvalue weighted by Crippen LogP contribution is -2.51. The van der Waals surface area contributed by atoms with Gasteiger partial charge in [0.25, 0.3) is 0 Å². The van der Waals surface area contributed by atoms with E-state index in [4.69, 9.17) is 4.74 Å². The Labute approximate surface area is 185 Å². The Morgan fingerprint density at radius 2 is 1.30 bits per heavy atom. The van der Waals surface area contributed by atoms with Gasteiger partial charge >= 0.3 is 0 Å². The van der Waals surface area contributed by atoms with E-state index >= 15 is 0 Å². The van der Waals surface area contributed by atoms with Crippen molar-refractivity contribution in [2.24, 2.45) is 0 Å². The maximum absolute atomic E-state index is 11.8. The van der Waals surface area contributed by atoms with Gasteiger partial charge in [0.05, 0.1) is 33.2 Å². The zero-order valence-corrected chi connectivity index (χ0v) is 20.0. The number of rotatable bonds is 22. The Morgan fingerprint density at radius 3 is 1.83 bits per heavy atom. The minimum absolute atomic E-state index is 0.0220. The molecule has 0 aliphatic rings. The Morgan fingerprint density at radius 1 is 0.800 bits per heavy atom. The summed E-state index contributed by atoms with van der Waals surface area (Å²) in [4.78, 5) is 22.5. The van der Waals surface area contributed by atoms with Gasteiger partial charge in [-0.15, -0.1) is 0 Å². The first-order valence-corrected chi connectivity index (χ1v) is 12.2. The van der Waals surface area contributed by atoms with Gasteiger partial charge in [-0.25, -0.2) is 0 Å². The highest BCUT2D eigenvalue weighted by Crippen LogP contribution is 2.11. The van der Waals surface area contributed by atoms with Crippen molar-refractivity contribution in [3.8, 4) is 0 Å². The minimum Gasteiger partial charge on any atom is -0.544 e. The number of carboxylic acid groups (broad SMARTS) is 1. The molecule has 0 saturated heterocycles. The van der Waals surface area contributed by atoms with Crippen LogP contribution in [-0.2, 0) is 14.3 Å². The first-order chi connectivity index (χ1) is 14.4. The molecule has 1 amide bonds. The van der Waals surface area contributed by atoms with Crippen LogP contribution in [0, 0.1) is 0 Å². The van der Waals surface area contributed by atoms with E-state index in [-0.39, 0.29) is 12.5 Å². The molecular weight excluding hydrogens is 380 g/mol. The van der Waals surface area contributed by atoms with E-state index in [1.165, 1.54) is 64.2 Å². The number of carbonyl (C=O) groups excluding carboxylic acids is 2. The van der Waals surface area contributed by atoms with Crippen molar-refractivity contribution in [3.05, 3.63) is 0 Å². The number of likely N-dealkylation sites (N-methyl/N-ethyl adjacent to an activating group) is 1. The number of hydrogen-bond acceptors (Lipinski definition) is 4. The number of quaternary nitrogens is 1. The third-order valence-corrected chi connectivity index (χ3v) is 5.43. The number of carbonyl (C=O) groups is 2. The summed E-state index contributed by atoms with van der Waals surface area (Å²) in [5.41, 5.74) is 0. The smallest absolute Gasteiger partial charge is 0.220 e. The first kappa shape index (κ1) is 28.9. The zero-order chi connectivity index (χ0) is 22.5. The zero-order valence-electron chi connectivity index (χ0n) is 20.0. The van der Waals surface area contributed by atoms with Crippen molar-refractivity contribution < 1.29 is 23.9 Å².